The molecule has 0 aliphatic carbocycles. The zero-order valence-electron chi connectivity index (χ0n) is 20.2. The second-order valence-electron chi connectivity index (χ2n) is 7.96. The fourth-order valence-corrected chi connectivity index (χ4v) is 5.12. The molecule has 10 heteroatoms. The molecule has 1 N–H and O–H groups in total. The number of hydrogen-bond acceptors (Lipinski definition) is 5. The van der Waals surface area contributed by atoms with Gasteiger partial charge in [0.15, 0.2) is 0 Å². The average molecular weight is 530 g/mol. The molecule has 0 aliphatic rings. The quantitative estimate of drug-likeness (QED) is 0.432. The van der Waals surface area contributed by atoms with Gasteiger partial charge in [0.05, 0.1) is 17.7 Å². The molecule has 2 amide bonds. The molecule has 1 atom stereocenters. The second kappa shape index (κ2) is 11.9. The molecular formula is C26H28ClN3O5S. The van der Waals surface area contributed by atoms with Crippen LogP contribution in [0.5, 0.6) is 5.75 Å². The van der Waals surface area contributed by atoms with Gasteiger partial charge in [-0.15, -0.1) is 0 Å². The Kier molecular flexibility index (Phi) is 8.95. The number of anilines is 1. The van der Waals surface area contributed by atoms with Gasteiger partial charge in [-0.3, -0.25) is 13.9 Å². The van der Waals surface area contributed by atoms with Gasteiger partial charge >= 0.3 is 0 Å². The van der Waals surface area contributed by atoms with Crippen LogP contribution in [0.25, 0.3) is 0 Å². The topological polar surface area (TPSA) is 96.0 Å². The van der Waals surface area contributed by atoms with Gasteiger partial charge in [-0.1, -0.05) is 41.9 Å². The molecule has 0 heterocycles. The number of halogens is 1. The Labute approximate surface area is 216 Å². The van der Waals surface area contributed by atoms with Gasteiger partial charge < -0.3 is 15.0 Å². The monoisotopic (exact) mass is 529 g/mol. The number of carbonyl (C=O) groups excluding carboxylic acids is 2. The maximum absolute atomic E-state index is 13.7. The third-order valence-electron chi connectivity index (χ3n) is 5.65. The fraction of sp³-hybridized carbons (Fsp3) is 0.231. The van der Waals surface area contributed by atoms with Crippen molar-refractivity contribution in [3.8, 4) is 5.75 Å². The third-order valence-corrected chi connectivity index (χ3v) is 7.69. The van der Waals surface area contributed by atoms with Crippen LogP contribution >= 0.6 is 11.6 Å². The van der Waals surface area contributed by atoms with Crippen LogP contribution in [0.1, 0.15) is 12.5 Å². The van der Waals surface area contributed by atoms with Crippen molar-refractivity contribution in [1.29, 1.82) is 0 Å². The maximum Gasteiger partial charge on any atom is 0.264 e. The van der Waals surface area contributed by atoms with Crippen molar-refractivity contribution in [3.05, 3.63) is 89.4 Å². The Bertz CT molecular complexity index is 1280. The van der Waals surface area contributed by atoms with E-state index in [1.807, 2.05) is 30.3 Å². The molecule has 3 aromatic carbocycles. The molecule has 0 bridgehead atoms. The summed E-state index contributed by atoms with van der Waals surface area (Å²) < 4.78 is 33.5. The summed E-state index contributed by atoms with van der Waals surface area (Å²) in [4.78, 5) is 27.4. The van der Waals surface area contributed by atoms with E-state index in [4.69, 9.17) is 16.3 Å². The molecule has 190 valence electrons. The highest BCUT2D eigenvalue weighted by Crippen LogP contribution is 2.27. The number of sulfonamides is 1. The first kappa shape index (κ1) is 27.0. The summed E-state index contributed by atoms with van der Waals surface area (Å²) >= 11 is 6.02. The SMILES string of the molecule is CNC(=O)[C@H](C)N(Cc1ccccc1)C(=O)CN(c1ccc(Cl)cc1)S(=O)(=O)c1ccc(OC)cc1. The minimum absolute atomic E-state index is 0.0139. The van der Waals surface area contributed by atoms with E-state index in [9.17, 15) is 18.0 Å². The Balaban J connectivity index is 2.01. The number of nitrogens with one attached hydrogen (secondary N) is 1. The van der Waals surface area contributed by atoms with Crippen LogP contribution < -0.4 is 14.4 Å². The first-order chi connectivity index (χ1) is 17.2. The molecule has 0 fully saturated rings. The molecule has 0 aliphatic heterocycles. The van der Waals surface area contributed by atoms with Gasteiger partial charge in [0.1, 0.15) is 18.3 Å². The van der Waals surface area contributed by atoms with Gasteiger partial charge in [0.25, 0.3) is 10.0 Å². The number of hydrogen-bond donors (Lipinski definition) is 1. The van der Waals surface area contributed by atoms with E-state index < -0.39 is 28.5 Å². The van der Waals surface area contributed by atoms with Crippen LogP contribution in [0.3, 0.4) is 0 Å². The molecule has 3 aromatic rings. The molecule has 0 saturated heterocycles. The minimum Gasteiger partial charge on any atom is -0.497 e. The van der Waals surface area contributed by atoms with Gasteiger partial charge in [-0.25, -0.2) is 8.42 Å². The van der Waals surface area contributed by atoms with Crippen LogP contribution in [-0.2, 0) is 26.2 Å². The van der Waals surface area contributed by atoms with E-state index in [-0.39, 0.29) is 23.0 Å². The van der Waals surface area contributed by atoms with Crippen molar-refractivity contribution in [1.82, 2.24) is 10.2 Å². The molecule has 0 spiro atoms. The molecule has 0 radical (unpaired) electrons. The van der Waals surface area contributed by atoms with Gasteiger partial charge in [0.2, 0.25) is 11.8 Å². The van der Waals surface area contributed by atoms with Crippen molar-refractivity contribution in [2.24, 2.45) is 0 Å². The highest BCUT2D eigenvalue weighted by atomic mass is 35.5. The molecular weight excluding hydrogens is 502 g/mol. The van der Waals surface area contributed by atoms with E-state index in [2.05, 4.69) is 5.32 Å². The Morgan fingerprint density at radius 3 is 2.14 bits per heavy atom. The first-order valence-electron chi connectivity index (χ1n) is 11.1. The summed E-state index contributed by atoms with van der Waals surface area (Å²) in [5, 5.41) is 2.97. The van der Waals surface area contributed by atoms with Gasteiger partial charge in [-0.05, 0) is 61.0 Å². The molecule has 0 unspecified atom stereocenters. The first-order valence-corrected chi connectivity index (χ1v) is 13.0. The van der Waals surface area contributed by atoms with Crippen molar-refractivity contribution in [3.63, 3.8) is 0 Å². The lowest BCUT2D eigenvalue weighted by Gasteiger charge is -2.31. The smallest absolute Gasteiger partial charge is 0.264 e. The summed E-state index contributed by atoms with van der Waals surface area (Å²) in [7, 11) is -1.19. The Hall–Kier alpha value is -3.56. The zero-order valence-corrected chi connectivity index (χ0v) is 21.8. The number of likely N-dealkylation sites (N-methyl/N-ethyl adjacent to an activating group) is 1. The fourth-order valence-electron chi connectivity index (χ4n) is 3.58. The number of carbonyl (C=O) groups is 2. The van der Waals surface area contributed by atoms with Crippen molar-refractivity contribution in [2.45, 2.75) is 24.4 Å². The zero-order chi connectivity index (χ0) is 26.3. The van der Waals surface area contributed by atoms with Crippen LogP contribution in [-0.4, -0.2) is 51.9 Å². The van der Waals surface area contributed by atoms with Crippen LogP contribution in [0.4, 0.5) is 5.69 Å². The van der Waals surface area contributed by atoms with Crippen LogP contribution in [0.2, 0.25) is 5.02 Å². The lowest BCUT2D eigenvalue weighted by molar-refractivity contribution is -0.139. The molecule has 0 aromatic heterocycles. The lowest BCUT2D eigenvalue weighted by Crippen LogP contribution is -2.50. The summed E-state index contributed by atoms with van der Waals surface area (Å²) in [5.74, 6) is -0.408. The van der Waals surface area contributed by atoms with Gasteiger partial charge in [-0.2, -0.15) is 0 Å². The summed E-state index contributed by atoms with van der Waals surface area (Å²) in [5.41, 5.74) is 1.06. The maximum atomic E-state index is 13.7. The number of ether oxygens (including phenoxy) is 1. The van der Waals surface area contributed by atoms with E-state index in [1.54, 1.807) is 19.1 Å². The molecule has 3 rings (SSSR count). The number of nitrogens with zero attached hydrogens (tertiary/aromatic N) is 2. The second-order valence-corrected chi connectivity index (χ2v) is 10.3. The lowest BCUT2D eigenvalue weighted by atomic mass is 10.1. The van der Waals surface area contributed by atoms with Gasteiger partial charge in [0, 0.05) is 18.6 Å². The Morgan fingerprint density at radius 2 is 1.58 bits per heavy atom. The highest BCUT2D eigenvalue weighted by Gasteiger charge is 2.32. The predicted molar refractivity (Wildman–Crippen MR) is 139 cm³/mol. The van der Waals surface area contributed by atoms with E-state index in [0.717, 1.165) is 9.87 Å². The largest absolute Gasteiger partial charge is 0.497 e. The number of rotatable bonds is 10. The standard InChI is InChI=1S/C26H28ClN3O5S/c1-19(26(32)28-2)29(17-20-7-5-4-6-8-20)25(31)18-30(22-11-9-21(27)10-12-22)36(33,34)24-15-13-23(35-3)14-16-24/h4-16,19H,17-18H2,1-3H3,(H,28,32)/t19-/m0/s1. The van der Waals surface area contributed by atoms with Crippen molar-refractivity contribution >= 4 is 39.1 Å². The summed E-state index contributed by atoms with van der Waals surface area (Å²) in [6, 6.07) is 20.4. The molecule has 8 nitrogen and oxygen atoms in total. The van der Waals surface area contributed by atoms with E-state index >= 15 is 0 Å². The highest BCUT2D eigenvalue weighted by molar-refractivity contribution is 7.92. The number of methoxy groups -OCH3 is 1. The van der Waals surface area contributed by atoms with Crippen LogP contribution in [0, 0.1) is 0 Å². The average Bonchev–Trinajstić information content (AvgIpc) is 2.90. The molecule has 0 saturated carbocycles. The summed E-state index contributed by atoms with van der Waals surface area (Å²) in [6.07, 6.45) is 0. The van der Waals surface area contributed by atoms with Crippen molar-refractivity contribution in [2.75, 3.05) is 25.0 Å². The summed E-state index contributed by atoms with van der Waals surface area (Å²) in [6.45, 7) is 1.21. The predicted octanol–water partition coefficient (Wildman–Crippen LogP) is 3.71. The van der Waals surface area contributed by atoms with Crippen molar-refractivity contribution < 1.29 is 22.7 Å². The van der Waals surface area contributed by atoms with E-state index in [1.165, 1.54) is 55.5 Å². The number of benzene rings is 3. The Morgan fingerprint density at radius 1 is 0.972 bits per heavy atom. The number of amides is 2. The normalized spacial score (nSPS) is 11.9. The minimum atomic E-state index is -4.16. The van der Waals surface area contributed by atoms with E-state index in [0.29, 0.717) is 10.8 Å². The molecule has 36 heavy (non-hydrogen) atoms. The third kappa shape index (κ3) is 6.35. The van der Waals surface area contributed by atoms with Crippen LogP contribution in [0.15, 0.2) is 83.8 Å².